The lowest BCUT2D eigenvalue weighted by molar-refractivity contribution is -0.172. The number of ketones is 1. The molecule has 1 aliphatic heterocycles. The number of nitrogens with zero attached hydrogens (tertiary/aromatic N) is 1. The van der Waals surface area contributed by atoms with Crippen molar-refractivity contribution < 1.29 is 9.90 Å². The number of Topliss-reactive ketones (excluding diaryl/α,β-unsaturated/α-hetero) is 1. The second-order valence-corrected chi connectivity index (χ2v) is 8.29. The molecular formula is C20H25NO2. The van der Waals surface area contributed by atoms with Crippen LogP contribution in [0, 0.1) is 5.92 Å². The molecule has 1 aromatic rings. The van der Waals surface area contributed by atoms with Gasteiger partial charge in [0, 0.05) is 30.8 Å². The molecule has 3 atom stereocenters. The van der Waals surface area contributed by atoms with Crippen molar-refractivity contribution in [3.8, 4) is 0 Å². The van der Waals surface area contributed by atoms with Crippen molar-refractivity contribution in [2.75, 3.05) is 13.1 Å². The van der Waals surface area contributed by atoms with Crippen LogP contribution < -0.4 is 0 Å². The van der Waals surface area contributed by atoms with E-state index in [1.165, 1.54) is 24.0 Å². The van der Waals surface area contributed by atoms with Gasteiger partial charge in [0.25, 0.3) is 0 Å². The fraction of sp³-hybridized carbons (Fsp3) is 0.650. The molecule has 1 N–H and O–H groups in total. The summed E-state index contributed by atoms with van der Waals surface area (Å²) in [5.74, 6) is 1.18. The Morgan fingerprint density at radius 2 is 2.04 bits per heavy atom. The van der Waals surface area contributed by atoms with Gasteiger partial charge in [-0.25, -0.2) is 0 Å². The number of carbonyl (C=O) groups excluding carboxylic acids is 1. The molecule has 0 amide bonds. The van der Waals surface area contributed by atoms with E-state index >= 15 is 0 Å². The van der Waals surface area contributed by atoms with Crippen LogP contribution in [-0.4, -0.2) is 40.5 Å². The Morgan fingerprint density at radius 3 is 2.87 bits per heavy atom. The molecule has 1 heterocycles. The van der Waals surface area contributed by atoms with Gasteiger partial charge in [-0.05, 0) is 55.7 Å². The van der Waals surface area contributed by atoms with Gasteiger partial charge in [-0.15, -0.1) is 0 Å². The molecule has 1 saturated heterocycles. The highest BCUT2D eigenvalue weighted by Crippen LogP contribution is 2.57. The number of benzene rings is 1. The summed E-state index contributed by atoms with van der Waals surface area (Å²) in [5.41, 5.74) is 1.57. The monoisotopic (exact) mass is 311 g/mol. The van der Waals surface area contributed by atoms with E-state index in [1.807, 2.05) is 0 Å². The van der Waals surface area contributed by atoms with Crippen molar-refractivity contribution in [1.82, 2.24) is 4.90 Å². The number of carbonyl (C=O) groups is 1. The Morgan fingerprint density at radius 1 is 1.22 bits per heavy atom. The number of hydrogen-bond acceptors (Lipinski definition) is 3. The summed E-state index contributed by atoms with van der Waals surface area (Å²) in [4.78, 5) is 14.9. The van der Waals surface area contributed by atoms with Crippen LogP contribution in [0.3, 0.4) is 0 Å². The van der Waals surface area contributed by atoms with Crippen molar-refractivity contribution in [3.05, 3.63) is 35.4 Å². The van der Waals surface area contributed by atoms with Gasteiger partial charge in [-0.1, -0.05) is 24.3 Å². The highest BCUT2D eigenvalue weighted by molar-refractivity contribution is 5.82. The highest BCUT2D eigenvalue weighted by atomic mass is 16.3. The summed E-state index contributed by atoms with van der Waals surface area (Å²) in [5, 5.41) is 11.8. The number of aliphatic hydroxyl groups is 1. The van der Waals surface area contributed by atoms with Gasteiger partial charge in [-0.3, -0.25) is 9.69 Å². The molecule has 3 heteroatoms. The largest absolute Gasteiger partial charge is 0.387 e. The number of fused-ring (bicyclic) bond motifs is 1. The molecule has 1 aromatic carbocycles. The normalized spacial score (nSPS) is 39.7. The van der Waals surface area contributed by atoms with Gasteiger partial charge in [0.05, 0.1) is 5.60 Å². The number of hydrogen-bond donors (Lipinski definition) is 1. The van der Waals surface area contributed by atoms with Gasteiger partial charge in [-0.2, -0.15) is 0 Å². The first-order valence-corrected chi connectivity index (χ1v) is 9.19. The fourth-order valence-electron chi connectivity index (χ4n) is 5.72. The van der Waals surface area contributed by atoms with E-state index in [0.29, 0.717) is 25.0 Å². The summed E-state index contributed by atoms with van der Waals surface area (Å²) in [7, 11) is 0. The standard InChI is InChI=1S/C20H25NO2/c22-16-7-8-20(23)18-11-15-3-1-2-4-17(15)19(20,12-16)9-10-21(18)13-14-5-6-14/h1-4,14,18,23H,5-13H2/t18-,19-,20-/m1/s1. The fourth-order valence-corrected chi connectivity index (χ4v) is 5.72. The summed E-state index contributed by atoms with van der Waals surface area (Å²) in [6.07, 6.45) is 6.29. The minimum atomic E-state index is -0.720. The zero-order chi connectivity index (χ0) is 15.7. The molecule has 122 valence electrons. The SMILES string of the molecule is O=C1CC[C@@]2(O)[C@H]3Cc4ccccc4[C@@]2(CCN3CC2CC2)C1. The summed E-state index contributed by atoms with van der Waals surface area (Å²) in [6, 6.07) is 8.75. The van der Waals surface area contributed by atoms with Crippen LogP contribution >= 0.6 is 0 Å². The molecule has 3 fully saturated rings. The van der Waals surface area contributed by atoms with Gasteiger partial charge < -0.3 is 5.11 Å². The molecule has 2 bridgehead atoms. The van der Waals surface area contributed by atoms with E-state index in [0.717, 1.165) is 31.8 Å². The van der Waals surface area contributed by atoms with E-state index in [4.69, 9.17) is 0 Å². The predicted octanol–water partition coefficient (Wildman–Crippen LogP) is 2.45. The van der Waals surface area contributed by atoms with Crippen LogP contribution in [0.2, 0.25) is 0 Å². The average molecular weight is 311 g/mol. The molecule has 3 aliphatic carbocycles. The summed E-state index contributed by atoms with van der Waals surface area (Å²) >= 11 is 0. The minimum absolute atomic E-state index is 0.194. The Kier molecular flexibility index (Phi) is 2.88. The van der Waals surface area contributed by atoms with E-state index in [9.17, 15) is 9.90 Å². The third kappa shape index (κ3) is 1.87. The third-order valence-electron chi connectivity index (χ3n) is 7.07. The van der Waals surface area contributed by atoms with E-state index < -0.39 is 5.60 Å². The van der Waals surface area contributed by atoms with Crippen molar-refractivity contribution in [2.24, 2.45) is 5.92 Å². The van der Waals surface area contributed by atoms with Crippen LogP contribution in [0.15, 0.2) is 24.3 Å². The first-order valence-electron chi connectivity index (χ1n) is 9.19. The lowest BCUT2D eigenvalue weighted by Crippen LogP contribution is -2.73. The van der Waals surface area contributed by atoms with Crippen LogP contribution in [-0.2, 0) is 16.6 Å². The molecule has 0 radical (unpaired) electrons. The summed E-state index contributed by atoms with van der Waals surface area (Å²) < 4.78 is 0. The second-order valence-electron chi connectivity index (χ2n) is 8.29. The van der Waals surface area contributed by atoms with E-state index in [1.54, 1.807) is 0 Å². The van der Waals surface area contributed by atoms with Gasteiger partial charge in [0.2, 0.25) is 0 Å². The van der Waals surface area contributed by atoms with Crippen molar-refractivity contribution in [3.63, 3.8) is 0 Å². The Labute approximate surface area is 137 Å². The zero-order valence-corrected chi connectivity index (χ0v) is 13.6. The van der Waals surface area contributed by atoms with Crippen molar-refractivity contribution in [2.45, 2.75) is 62.0 Å². The van der Waals surface area contributed by atoms with Gasteiger partial charge in [0.15, 0.2) is 0 Å². The molecular weight excluding hydrogens is 286 g/mol. The maximum atomic E-state index is 12.3. The summed E-state index contributed by atoms with van der Waals surface area (Å²) in [6.45, 7) is 2.17. The maximum absolute atomic E-state index is 12.3. The molecule has 5 rings (SSSR count). The Balaban J connectivity index is 1.64. The Hall–Kier alpha value is -1.19. The third-order valence-corrected chi connectivity index (χ3v) is 7.07. The van der Waals surface area contributed by atoms with Gasteiger partial charge in [0.1, 0.15) is 5.78 Å². The Bertz CT molecular complexity index is 667. The van der Waals surface area contributed by atoms with Crippen LogP contribution in [0.5, 0.6) is 0 Å². The lowest BCUT2D eigenvalue weighted by Gasteiger charge is -2.63. The molecule has 4 aliphatic rings. The molecule has 0 aromatic heterocycles. The molecule has 23 heavy (non-hydrogen) atoms. The number of likely N-dealkylation sites (tertiary alicyclic amines) is 1. The topological polar surface area (TPSA) is 40.5 Å². The lowest BCUT2D eigenvalue weighted by atomic mass is 9.49. The maximum Gasteiger partial charge on any atom is 0.134 e. The second kappa shape index (κ2) is 4.67. The molecule has 2 saturated carbocycles. The van der Waals surface area contributed by atoms with Crippen LogP contribution in [0.1, 0.15) is 49.7 Å². The van der Waals surface area contributed by atoms with Gasteiger partial charge >= 0.3 is 0 Å². The first kappa shape index (κ1) is 14.2. The van der Waals surface area contributed by atoms with Crippen LogP contribution in [0.25, 0.3) is 0 Å². The molecule has 0 spiro atoms. The quantitative estimate of drug-likeness (QED) is 0.912. The minimum Gasteiger partial charge on any atom is -0.387 e. The molecule has 0 unspecified atom stereocenters. The highest BCUT2D eigenvalue weighted by Gasteiger charge is 2.64. The van der Waals surface area contributed by atoms with Crippen molar-refractivity contribution in [1.29, 1.82) is 0 Å². The number of rotatable bonds is 2. The smallest absolute Gasteiger partial charge is 0.134 e. The first-order chi connectivity index (χ1) is 11.1. The van der Waals surface area contributed by atoms with E-state index in [2.05, 4.69) is 29.2 Å². The van der Waals surface area contributed by atoms with E-state index in [-0.39, 0.29) is 11.5 Å². The van der Waals surface area contributed by atoms with Crippen molar-refractivity contribution >= 4 is 5.78 Å². The number of piperidine rings is 1. The zero-order valence-electron chi connectivity index (χ0n) is 13.6. The average Bonchev–Trinajstić information content (AvgIpc) is 3.35. The predicted molar refractivity (Wildman–Crippen MR) is 88.3 cm³/mol. The van der Waals surface area contributed by atoms with Crippen LogP contribution in [0.4, 0.5) is 0 Å². The molecule has 3 nitrogen and oxygen atoms in total.